The van der Waals surface area contributed by atoms with Crippen LogP contribution in [0.1, 0.15) is 20.3 Å². The second-order valence-corrected chi connectivity index (χ2v) is 3.02. The molecule has 0 aromatic heterocycles. The van der Waals surface area contributed by atoms with Crippen LogP contribution in [0.2, 0.25) is 0 Å². The van der Waals surface area contributed by atoms with E-state index in [1.807, 2.05) is 6.92 Å². The number of hydrogen-bond donors (Lipinski definition) is 1. The van der Waals surface area contributed by atoms with Gasteiger partial charge in [0.05, 0.1) is 5.92 Å². The van der Waals surface area contributed by atoms with Crippen molar-refractivity contribution >= 4 is 5.97 Å². The Labute approximate surface area is 54.9 Å². The van der Waals surface area contributed by atoms with Gasteiger partial charge in [0.15, 0.2) is 0 Å². The van der Waals surface area contributed by atoms with Crippen molar-refractivity contribution in [3.8, 4) is 0 Å². The summed E-state index contributed by atoms with van der Waals surface area (Å²) in [4.78, 5) is 10.3. The zero-order chi connectivity index (χ0) is 7.02. The van der Waals surface area contributed by atoms with Crippen LogP contribution in [-0.2, 0) is 4.79 Å². The van der Waals surface area contributed by atoms with Gasteiger partial charge in [-0.2, -0.15) is 0 Å². The summed E-state index contributed by atoms with van der Waals surface area (Å²) in [6, 6.07) is 0. The van der Waals surface area contributed by atoms with Gasteiger partial charge in [0.25, 0.3) is 0 Å². The maximum absolute atomic E-state index is 10.3. The molecule has 0 aromatic carbocycles. The van der Waals surface area contributed by atoms with Gasteiger partial charge in [-0.25, -0.2) is 0 Å². The lowest BCUT2D eigenvalue weighted by Crippen LogP contribution is -2.37. The van der Waals surface area contributed by atoms with Gasteiger partial charge in [-0.1, -0.05) is 13.8 Å². The van der Waals surface area contributed by atoms with E-state index in [-0.39, 0.29) is 5.92 Å². The van der Waals surface area contributed by atoms with Gasteiger partial charge in [0.1, 0.15) is 0 Å². The molecule has 0 aromatic rings. The predicted molar refractivity (Wildman–Crippen MR) is 34.1 cm³/mol. The van der Waals surface area contributed by atoms with Gasteiger partial charge in [-0.3, -0.25) is 4.79 Å². The summed E-state index contributed by atoms with van der Waals surface area (Å²) in [6.07, 6.45) is 0.872. The third-order valence-electron chi connectivity index (χ3n) is 2.48. The van der Waals surface area contributed by atoms with Crippen molar-refractivity contribution in [1.82, 2.24) is 0 Å². The standard InChI is InChI=1S/C7H12O2/c1-4-3-6(5(4)2)7(8)9/h4-6H,3H2,1-2H3,(H,8,9)/t4-,5-,6-/m1/s1. The third kappa shape index (κ3) is 0.934. The van der Waals surface area contributed by atoms with Crippen LogP contribution in [0.25, 0.3) is 0 Å². The first-order chi connectivity index (χ1) is 4.13. The van der Waals surface area contributed by atoms with Crippen LogP contribution in [0.4, 0.5) is 0 Å². The van der Waals surface area contributed by atoms with Crippen molar-refractivity contribution in [2.24, 2.45) is 17.8 Å². The van der Waals surface area contributed by atoms with Gasteiger partial charge in [-0.05, 0) is 18.3 Å². The van der Waals surface area contributed by atoms with Crippen molar-refractivity contribution in [2.45, 2.75) is 20.3 Å². The molecule has 0 aliphatic heterocycles. The first-order valence-corrected chi connectivity index (χ1v) is 3.35. The Morgan fingerprint density at radius 3 is 2.22 bits per heavy atom. The Balaban J connectivity index is 2.42. The van der Waals surface area contributed by atoms with E-state index >= 15 is 0 Å². The highest BCUT2D eigenvalue weighted by Gasteiger charge is 2.39. The Morgan fingerprint density at radius 1 is 1.56 bits per heavy atom. The quantitative estimate of drug-likeness (QED) is 0.579. The minimum atomic E-state index is -0.624. The minimum Gasteiger partial charge on any atom is -0.481 e. The molecule has 0 amide bonds. The Bertz CT molecular complexity index is 131. The summed E-state index contributed by atoms with van der Waals surface area (Å²) in [5.74, 6) is 0.328. The maximum Gasteiger partial charge on any atom is 0.306 e. The first-order valence-electron chi connectivity index (χ1n) is 3.35. The van der Waals surface area contributed by atoms with Crippen molar-refractivity contribution in [2.75, 3.05) is 0 Å². The minimum absolute atomic E-state index is 0.0556. The molecule has 3 atom stereocenters. The van der Waals surface area contributed by atoms with E-state index in [4.69, 9.17) is 5.11 Å². The van der Waals surface area contributed by atoms with E-state index in [9.17, 15) is 4.79 Å². The highest BCUT2D eigenvalue weighted by molar-refractivity contribution is 5.71. The molecule has 1 aliphatic carbocycles. The number of rotatable bonds is 1. The van der Waals surface area contributed by atoms with Crippen LogP contribution in [0.3, 0.4) is 0 Å². The van der Waals surface area contributed by atoms with E-state index in [1.54, 1.807) is 0 Å². The summed E-state index contributed by atoms with van der Waals surface area (Å²) < 4.78 is 0. The van der Waals surface area contributed by atoms with E-state index < -0.39 is 5.97 Å². The average Bonchev–Trinajstić information content (AvgIpc) is 1.81. The van der Waals surface area contributed by atoms with Crippen LogP contribution >= 0.6 is 0 Å². The maximum atomic E-state index is 10.3. The molecule has 0 radical (unpaired) electrons. The zero-order valence-corrected chi connectivity index (χ0v) is 5.79. The summed E-state index contributed by atoms with van der Waals surface area (Å²) in [6.45, 7) is 4.11. The molecule has 1 N–H and O–H groups in total. The Kier molecular flexibility index (Phi) is 1.47. The third-order valence-corrected chi connectivity index (χ3v) is 2.48. The summed E-state index contributed by atoms with van der Waals surface area (Å²) in [5, 5.41) is 8.52. The second-order valence-electron chi connectivity index (χ2n) is 3.02. The monoisotopic (exact) mass is 128 g/mol. The topological polar surface area (TPSA) is 37.3 Å². The van der Waals surface area contributed by atoms with E-state index in [0.29, 0.717) is 11.8 Å². The Morgan fingerprint density at radius 2 is 2.11 bits per heavy atom. The average molecular weight is 128 g/mol. The molecular weight excluding hydrogens is 116 g/mol. The highest BCUT2D eigenvalue weighted by Crippen LogP contribution is 2.39. The summed E-state index contributed by atoms with van der Waals surface area (Å²) in [5.41, 5.74) is 0. The lowest BCUT2D eigenvalue weighted by Gasteiger charge is -2.37. The van der Waals surface area contributed by atoms with Crippen LogP contribution in [0, 0.1) is 17.8 Å². The number of carboxylic acid groups (broad SMARTS) is 1. The molecule has 0 bridgehead atoms. The number of carbonyl (C=O) groups is 1. The molecule has 1 fully saturated rings. The molecule has 0 spiro atoms. The molecule has 0 heterocycles. The van der Waals surface area contributed by atoms with Gasteiger partial charge >= 0.3 is 5.97 Å². The number of hydrogen-bond acceptors (Lipinski definition) is 1. The lowest BCUT2D eigenvalue weighted by atomic mass is 9.67. The molecule has 1 aliphatic rings. The summed E-state index contributed by atoms with van der Waals surface area (Å²) in [7, 11) is 0. The molecule has 0 saturated heterocycles. The van der Waals surface area contributed by atoms with Gasteiger partial charge in [0.2, 0.25) is 0 Å². The molecule has 1 rings (SSSR count). The molecule has 1 saturated carbocycles. The van der Waals surface area contributed by atoms with Crippen LogP contribution in [0.5, 0.6) is 0 Å². The number of aliphatic carboxylic acids is 1. The molecule has 2 heteroatoms. The Hall–Kier alpha value is -0.530. The molecule has 52 valence electrons. The largest absolute Gasteiger partial charge is 0.481 e. The van der Waals surface area contributed by atoms with E-state index in [1.165, 1.54) is 0 Å². The fourth-order valence-electron chi connectivity index (χ4n) is 1.36. The second kappa shape index (κ2) is 2.01. The highest BCUT2D eigenvalue weighted by atomic mass is 16.4. The van der Waals surface area contributed by atoms with Crippen molar-refractivity contribution in [1.29, 1.82) is 0 Å². The molecular formula is C7H12O2. The smallest absolute Gasteiger partial charge is 0.306 e. The molecule has 2 nitrogen and oxygen atoms in total. The van der Waals surface area contributed by atoms with Crippen molar-refractivity contribution in [3.63, 3.8) is 0 Å². The van der Waals surface area contributed by atoms with Crippen LogP contribution in [-0.4, -0.2) is 11.1 Å². The fourth-order valence-corrected chi connectivity index (χ4v) is 1.36. The fraction of sp³-hybridized carbons (Fsp3) is 0.857. The van der Waals surface area contributed by atoms with Crippen molar-refractivity contribution < 1.29 is 9.90 Å². The van der Waals surface area contributed by atoms with Gasteiger partial charge in [-0.15, -0.1) is 0 Å². The van der Waals surface area contributed by atoms with Crippen molar-refractivity contribution in [3.05, 3.63) is 0 Å². The van der Waals surface area contributed by atoms with E-state index in [0.717, 1.165) is 6.42 Å². The zero-order valence-electron chi connectivity index (χ0n) is 5.79. The predicted octanol–water partition coefficient (Wildman–Crippen LogP) is 1.36. The van der Waals surface area contributed by atoms with Gasteiger partial charge in [0, 0.05) is 0 Å². The van der Waals surface area contributed by atoms with Gasteiger partial charge < -0.3 is 5.11 Å². The summed E-state index contributed by atoms with van der Waals surface area (Å²) >= 11 is 0. The van der Waals surface area contributed by atoms with Crippen LogP contribution < -0.4 is 0 Å². The molecule has 9 heavy (non-hydrogen) atoms. The SMILES string of the molecule is C[C@@H]1[C@H](C)C[C@H]1C(=O)O. The number of carboxylic acids is 1. The molecule has 0 unspecified atom stereocenters. The first kappa shape index (κ1) is 6.59. The normalized spacial score (nSPS) is 41.8. The van der Waals surface area contributed by atoms with Crippen LogP contribution in [0.15, 0.2) is 0 Å². The lowest BCUT2D eigenvalue weighted by molar-refractivity contribution is -0.149. The van der Waals surface area contributed by atoms with E-state index in [2.05, 4.69) is 6.92 Å².